The summed E-state index contributed by atoms with van der Waals surface area (Å²) in [5.74, 6) is 1.21. The fraction of sp³-hybridized carbons (Fsp3) is 0.0870. The molecule has 3 aromatic carbocycles. The van der Waals surface area contributed by atoms with Crippen molar-refractivity contribution in [1.82, 2.24) is 15.2 Å². The molecular weight excluding hydrogens is 416 g/mol. The fourth-order valence-electron chi connectivity index (χ4n) is 3.25. The van der Waals surface area contributed by atoms with Gasteiger partial charge in [0.05, 0.1) is 0 Å². The molecule has 148 valence electrons. The van der Waals surface area contributed by atoms with Gasteiger partial charge in [-0.2, -0.15) is 4.98 Å². The van der Waals surface area contributed by atoms with Crippen molar-refractivity contribution >= 4 is 29.1 Å². The lowest BCUT2D eigenvalue weighted by atomic mass is 10.1. The number of para-hydroxylation sites is 1. The molecule has 7 heteroatoms. The summed E-state index contributed by atoms with van der Waals surface area (Å²) in [4.78, 5) is 4.68. The van der Waals surface area contributed by atoms with Crippen molar-refractivity contribution in [2.24, 2.45) is 0 Å². The van der Waals surface area contributed by atoms with E-state index in [-0.39, 0.29) is 0 Å². The van der Waals surface area contributed by atoms with Crippen LogP contribution >= 0.6 is 23.4 Å². The highest BCUT2D eigenvalue weighted by molar-refractivity contribution is 7.98. The molecule has 0 unspecified atom stereocenters. The Kier molecular flexibility index (Phi) is 5.26. The molecule has 5 rings (SSSR count). The van der Waals surface area contributed by atoms with E-state index >= 15 is 0 Å². The van der Waals surface area contributed by atoms with Gasteiger partial charge in [-0.1, -0.05) is 84.0 Å². The molecule has 30 heavy (non-hydrogen) atoms. The standard InChI is InChI=1S/C23H17ClN4OS/c24-17-10-6-9-16(13-17)21-25-19-12-5-4-11-18(19)20-22(29-21)26-23(28-27-20)30-14-15-7-2-1-3-8-15/h1-13,21,25H,14H2/t21-/m0/s1. The largest absolute Gasteiger partial charge is 0.448 e. The van der Waals surface area contributed by atoms with E-state index in [2.05, 4.69) is 32.6 Å². The van der Waals surface area contributed by atoms with Crippen molar-refractivity contribution in [3.8, 4) is 17.1 Å². The van der Waals surface area contributed by atoms with Crippen LogP contribution in [-0.4, -0.2) is 15.2 Å². The highest BCUT2D eigenvalue weighted by Gasteiger charge is 2.26. The third-order valence-electron chi connectivity index (χ3n) is 4.70. The van der Waals surface area contributed by atoms with Gasteiger partial charge in [-0.25, -0.2) is 0 Å². The Labute approximate surface area is 183 Å². The maximum absolute atomic E-state index is 6.28. The van der Waals surface area contributed by atoms with Gasteiger partial charge in [0.15, 0.2) is 11.9 Å². The molecule has 1 aliphatic rings. The summed E-state index contributed by atoms with van der Waals surface area (Å²) in [6, 6.07) is 25.7. The van der Waals surface area contributed by atoms with Crippen LogP contribution in [0.1, 0.15) is 17.4 Å². The first kappa shape index (κ1) is 18.9. The Balaban J connectivity index is 1.51. The van der Waals surface area contributed by atoms with Crippen LogP contribution in [-0.2, 0) is 5.75 Å². The number of nitrogens with zero attached hydrogens (tertiary/aromatic N) is 3. The summed E-state index contributed by atoms with van der Waals surface area (Å²) in [6.45, 7) is 0. The molecule has 1 aliphatic heterocycles. The van der Waals surface area contributed by atoms with Gasteiger partial charge < -0.3 is 10.1 Å². The van der Waals surface area contributed by atoms with E-state index in [9.17, 15) is 0 Å². The molecule has 0 spiro atoms. The first-order chi connectivity index (χ1) is 14.8. The van der Waals surface area contributed by atoms with Crippen molar-refractivity contribution in [2.75, 3.05) is 5.32 Å². The minimum absolute atomic E-state index is 0.447. The number of hydrogen-bond donors (Lipinski definition) is 1. The van der Waals surface area contributed by atoms with Crippen molar-refractivity contribution in [2.45, 2.75) is 17.1 Å². The van der Waals surface area contributed by atoms with Gasteiger partial charge in [0.2, 0.25) is 11.0 Å². The topological polar surface area (TPSA) is 59.9 Å². The molecule has 5 nitrogen and oxygen atoms in total. The van der Waals surface area contributed by atoms with Crippen molar-refractivity contribution in [3.63, 3.8) is 0 Å². The molecular formula is C23H17ClN4OS. The van der Waals surface area contributed by atoms with E-state index in [1.807, 2.05) is 66.7 Å². The van der Waals surface area contributed by atoms with E-state index in [0.717, 1.165) is 22.6 Å². The normalized spacial score (nSPS) is 14.6. The van der Waals surface area contributed by atoms with Gasteiger partial charge in [0.1, 0.15) is 0 Å². The number of halogens is 1. The third-order valence-corrected chi connectivity index (χ3v) is 5.84. The summed E-state index contributed by atoms with van der Waals surface area (Å²) < 4.78 is 6.28. The van der Waals surface area contributed by atoms with Crippen LogP contribution in [0.2, 0.25) is 5.02 Å². The first-order valence-electron chi connectivity index (χ1n) is 9.46. The zero-order valence-corrected chi connectivity index (χ0v) is 17.4. The third kappa shape index (κ3) is 3.97. The molecule has 0 saturated carbocycles. The van der Waals surface area contributed by atoms with Crippen LogP contribution in [0.5, 0.6) is 5.88 Å². The SMILES string of the molecule is Clc1cccc([C@H]2Nc3ccccc3-c3nnc(SCc4ccccc4)nc3O2)c1. The second-order valence-corrected chi connectivity index (χ2v) is 8.14. The first-order valence-corrected chi connectivity index (χ1v) is 10.8. The van der Waals surface area contributed by atoms with E-state index < -0.39 is 6.23 Å². The Bertz CT molecular complexity index is 1190. The maximum atomic E-state index is 6.28. The van der Waals surface area contributed by atoms with E-state index in [0.29, 0.717) is 21.8 Å². The van der Waals surface area contributed by atoms with E-state index in [1.165, 1.54) is 17.3 Å². The summed E-state index contributed by atoms with van der Waals surface area (Å²) >= 11 is 7.73. The molecule has 1 aromatic heterocycles. The van der Waals surface area contributed by atoms with Crippen molar-refractivity contribution in [1.29, 1.82) is 0 Å². The lowest BCUT2D eigenvalue weighted by Crippen LogP contribution is -2.17. The number of fused-ring (bicyclic) bond motifs is 3. The minimum Gasteiger partial charge on any atom is -0.448 e. The Morgan fingerprint density at radius 2 is 1.77 bits per heavy atom. The Morgan fingerprint density at radius 1 is 0.933 bits per heavy atom. The van der Waals surface area contributed by atoms with Gasteiger partial charge in [-0.15, -0.1) is 10.2 Å². The van der Waals surface area contributed by atoms with E-state index in [4.69, 9.17) is 16.3 Å². The minimum atomic E-state index is -0.449. The second kappa shape index (κ2) is 8.34. The molecule has 0 fully saturated rings. The summed E-state index contributed by atoms with van der Waals surface area (Å²) in [7, 11) is 0. The van der Waals surface area contributed by atoms with E-state index in [1.54, 1.807) is 0 Å². The van der Waals surface area contributed by atoms with Crippen molar-refractivity contribution < 1.29 is 4.74 Å². The lowest BCUT2D eigenvalue weighted by Gasteiger charge is -2.19. The van der Waals surface area contributed by atoms with Crippen LogP contribution in [0.4, 0.5) is 5.69 Å². The number of thioether (sulfide) groups is 1. The molecule has 0 saturated heterocycles. The van der Waals surface area contributed by atoms with Crippen molar-refractivity contribution in [3.05, 3.63) is 95.0 Å². The van der Waals surface area contributed by atoms with Gasteiger partial charge in [-0.3, -0.25) is 0 Å². The number of rotatable bonds is 4. The van der Waals surface area contributed by atoms with Crippen LogP contribution in [0.15, 0.2) is 84.0 Å². The van der Waals surface area contributed by atoms with Gasteiger partial charge >= 0.3 is 0 Å². The van der Waals surface area contributed by atoms with Gasteiger partial charge in [0, 0.05) is 27.6 Å². The number of benzene rings is 3. The monoisotopic (exact) mass is 432 g/mol. The summed E-state index contributed by atoms with van der Waals surface area (Å²) in [5, 5.41) is 13.4. The fourth-order valence-corrected chi connectivity index (χ4v) is 4.18. The number of hydrogen-bond acceptors (Lipinski definition) is 6. The summed E-state index contributed by atoms with van der Waals surface area (Å²) in [5.41, 5.74) is 4.53. The number of ether oxygens (including phenoxy) is 1. The lowest BCUT2D eigenvalue weighted by molar-refractivity contribution is 0.225. The summed E-state index contributed by atoms with van der Waals surface area (Å²) in [6.07, 6.45) is -0.449. The van der Waals surface area contributed by atoms with Crippen LogP contribution in [0, 0.1) is 0 Å². The predicted molar refractivity (Wildman–Crippen MR) is 120 cm³/mol. The van der Waals surface area contributed by atoms with Crippen LogP contribution in [0.25, 0.3) is 11.3 Å². The van der Waals surface area contributed by atoms with Crippen LogP contribution < -0.4 is 10.1 Å². The predicted octanol–water partition coefficient (Wildman–Crippen LogP) is 5.99. The molecule has 0 radical (unpaired) electrons. The molecule has 4 aromatic rings. The smallest absolute Gasteiger partial charge is 0.247 e. The number of anilines is 1. The van der Waals surface area contributed by atoms with Gasteiger partial charge in [-0.05, 0) is 23.8 Å². The number of nitrogens with one attached hydrogen (secondary N) is 1. The average molecular weight is 433 g/mol. The van der Waals surface area contributed by atoms with Gasteiger partial charge in [0.25, 0.3) is 0 Å². The molecule has 0 amide bonds. The highest BCUT2D eigenvalue weighted by atomic mass is 35.5. The average Bonchev–Trinajstić information content (AvgIpc) is 2.95. The Hall–Kier alpha value is -3.09. The second-order valence-electron chi connectivity index (χ2n) is 6.77. The maximum Gasteiger partial charge on any atom is 0.247 e. The zero-order valence-electron chi connectivity index (χ0n) is 15.8. The van der Waals surface area contributed by atoms with Crippen LogP contribution in [0.3, 0.4) is 0 Å². The molecule has 0 bridgehead atoms. The molecule has 2 heterocycles. The zero-order chi connectivity index (χ0) is 20.3. The molecule has 1 atom stereocenters. The Morgan fingerprint density at radius 3 is 2.63 bits per heavy atom. The quantitative estimate of drug-likeness (QED) is 0.400. The molecule has 1 N–H and O–H groups in total. The number of aromatic nitrogens is 3. The highest BCUT2D eigenvalue weighted by Crippen LogP contribution is 2.39. The molecule has 0 aliphatic carbocycles.